The Hall–Kier alpha value is -2.40. The van der Waals surface area contributed by atoms with E-state index in [0.29, 0.717) is 5.95 Å². The lowest BCUT2D eigenvalue weighted by Gasteiger charge is -2.27. The van der Waals surface area contributed by atoms with Crippen LogP contribution in [0.5, 0.6) is 0 Å². The third-order valence-corrected chi connectivity index (χ3v) is 4.41. The van der Waals surface area contributed by atoms with Crippen molar-refractivity contribution in [3.05, 3.63) is 53.5 Å². The summed E-state index contributed by atoms with van der Waals surface area (Å²) in [4.78, 5) is 10.9. The second-order valence-corrected chi connectivity index (χ2v) is 5.94. The van der Waals surface area contributed by atoms with Gasteiger partial charge in [-0.05, 0) is 11.6 Å². The normalized spacial score (nSPS) is 15.1. The van der Waals surface area contributed by atoms with Crippen molar-refractivity contribution in [3.63, 3.8) is 0 Å². The Morgan fingerprint density at radius 3 is 3.05 bits per heavy atom. The molecule has 5 nitrogen and oxygen atoms in total. The third kappa shape index (κ3) is 2.23. The highest BCUT2D eigenvalue weighted by atomic mass is 15.1. The maximum atomic E-state index is 5.67. The van der Waals surface area contributed by atoms with Gasteiger partial charge in [-0.3, -0.25) is 4.90 Å². The zero-order valence-electron chi connectivity index (χ0n) is 12.7. The predicted molar refractivity (Wildman–Crippen MR) is 87.2 cm³/mol. The summed E-state index contributed by atoms with van der Waals surface area (Å²) in [7, 11) is 2.11. The number of para-hydroxylation sites is 1. The fourth-order valence-electron chi connectivity index (χ4n) is 3.32. The number of aromatic nitrogens is 3. The van der Waals surface area contributed by atoms with E-state index < -0.39 is 0 Å². The van der Waals surface area contributed by atoms with Crippen molar-refractivity contribution in [2.45, 2.75) is 19.5 Å². The van der Waals surface area contributed by atoms with E-state index >= 15 is 0 Å². The summed E-state index contributed by atoms with van der Waals surface area (Å²) in [6, 6.07) is 8.56. The van der Waals surface area contributed by atoms with E-state index in [9.17, 15) is 0 Å². The highest BCUT2D eigenvalue weighted by Gasteiger charge is 2.19. The van der Waals surface area contributed by atoms with Crippen LogP contribution in [0.3, 0.4) is 0 Å². The van der Waals surface area contributed by atoms with Gasteiger partial charge in [-0.2, -0.15) is 0 Å². The van der Waals surface area contributed by atoms with Crippen LogP contribution in [0.4, 0.5) is 5.95 Å². The van der Waals surface area contributed by atoms with Gasteiger partial charge in [0.1, 0.15) is 0 Å². The average molecular weight is 293 g/mol. The second-order valence-electron chi connectivity index (χ2n) is 5.94. The Labute approximate surface area is 129 Å². The number of hydrogen-bond donors (Lipinski definition) is 1. The molecule has 0 fully saturated rings. The molecule has 5 heteroatoms. The van der Waals surface area contributed by atoms with Crippen molar-refractivity contribution in [2.75, 3.05) is 12.3 Å². The number of nitrogens with zero attached hydrogens (tertiary/aromatic N) is 4. The van der Waals surface area contributed by atoms with Crippen molar-refractivity contribution in [1.82, 2.24) is 19.4 Å². The fraction of sp³-hybridized carbons (Fsp3) is 0.294. The number of fused-ring (bicyclic) bond motifs is 2. The molecular weight excluding hydrogens is 274 g/mol. The van der Waals surface area contributed by atoms with E-state index in [1.807, 2.05) is 6.20 Å². The molecule has 0 amide bonds. The maximum Gasteiger partial charge on any atom is 0.220 e. The second kappa shape index (κ2) is 5.10. The van der Waals surface area contributed by atoms with E-state index in [4.69, 9.17) is 5.73 Å². The fourth-order valence-corrected chi connectivity index (χ4v) is 3.32. The molecular formula is C17H19N5. The molecule has 22 heavy (non-hydrogen) atoms. The molecule has 0 spiro atoms. The van der Waals surface area contributed by atoms with Crippen LogP contribution in [0.1, 0.15) is 16.8 Å². The SMILES string of the molecule is Cn1cc(CN2CCc3nc(N)ncc3C2)c2ccccc21. The van der Waals surface area contributed by atoms with E-state index in [0.717, 1.165) is 31.7 Å². The largest absolute Gasteiger partial charge is 0.368 e. The summed E-state index contributed by atoms with van der Waals surface area (Å²) >= 11 is 0. The molecule has 0 unspecified atom stereocenters. The Morgan fingerprint density at radius 2 is 2.14 bits per heavy atom. The van der Waals surface area contributed by atoms with Crippen molar-refractivity contribution in [2.24, 2.45) is 7.05 Å². The first kappa shape index (κ1) is 13.3. The van der Waals surface area contributed by atoms with Crippen molar-refractivity contribution in [1.29, 1.82) is 0 Å². The van der Waals surface area contributed by atoms with Crippen LogP contribution < -0.4 is 5.73 Å². The summed E-state index contributed by atoms with van der Waals surface area (Å²) in [5.74, 6) is 0.376. The van der Waals surface area contributed by atoms with Crippen LogP contribution in [0, 0.1) is 0 Å². The third-order valence-electron chi connectivity index (χ3n) is 4.41. The maximum absolute atomic E-state index is 5.67. The van der Waals surface area contributed by atoms with Crippen LogP contribution in [0.15, 0.2) is 36.7 Å². The number of anilines is 1. The van der Waals surface area contributed by atoms with Crippen LogP contribution in [-0.2, 0) is 26.6 Å². The molecule has 0 saturated heterocycles. The zero-order valence-corrected chi connectivity index (χ0v) is 12.7. The number of aryl methyl sites for hydroxylation is 1. The van der Waals surface area contributed by atoms with E-state index in [1.165, 1.54) is 22.0 Å². The number of nitrogen functional groups attached to an aromatic ring is 1. The Balaban J connectivity index is 1.60. The Morgan fingerprint density at radius 1 is 1.27 bits per heavy atom. The molecule has 4 rings (SSSR count). The van der Waals surface area contributed by atoms with Crippen LogP contribution in [0.2, 0.25) is 0 Å². The zero-order chi connectivity index (χ0) is 15.1. The lowest BCUT2D eigenvalue weighted by molar-refractivity contribution is 0.243. The molecule has 0 radical (unpaired) electrons. The van der Waals surface area contributed by atoms with Gasteiger partial charge in [0.15, 0.2) is 0 Å². The monoisotopic (exact) mass is 293 g/mol. The lowest BCUT2D eigenvalue weighted by atomic mass is 10.1. The van der Waals surface area contributed by atoms with Gasteiger partial charge < -0.3 is 10.3 Å². The molecule has 2 aromatic heterocycles. The van der Waals surface area contributed by atoms with Crippen molar-refractivity contribution >= 4 is 16.9 Å². The molecule has 0 saturated carbocycles. The molecule has 112 valence electrons. The predicted octanol–water partition coefficient (Wildman–Crippen LogP) is 2.11. The van der Waals surface area contributed by atoms with E-state index in [2.05, 4.69) is 56.9 Å². The Kier molecular flexibility index (Phi) is 3.08. The molecule has 0 aliphatic carbocycles. The van der Waals surface area contributed by atoms with Crippen LogP contribution in [-0.4, -0.2) is 26.0 Å². The standard InChI is InChI=1S/C17H19N5/c1-21-9-13(14-4-2-3-5-16(14)21)11-22-7-6-15-12(10-22)8-19-17(18)20-15/h2-5,8-9H,6-7,10-11H2,1H3,(H2,18,19,20). The van der Waals surface area contributed by atoms with E-state index in [1.54, 1.807) is 0 Å². The minimum atomic E-state index is 0.376. The first-order chi connectivity index (χ1) is 10.7. The van der Waals surface area contributed by atoms with Gasteiger partial charge in [-0.25, -0.2) is 9.97 Å². The number of benzene rings is 1. The number of hydrogen-bond acceptors (Lipinski definition) is 4. The van der Waals surface area contributed by atoms with Gasteiger partial charge in [-0.1, -0.05) is 18.2 Å². The van der Waals surface area contributed by atoms with Gasteiger partial charge in [0.2, 0.25) is 5.95 Å². The quantitative estimate of drug-likeness (QED) is 0.786. The van der Waals surface area contributed by atoms with Gasteiger partial charge in [-0.15, -0.1) is 0 Å². The highest BCUT2D eigenvalue weighted by molar-refractivity contribution is 5.83. The summed E-state index contributed by atoms with van der Waals surface area (Å²) in [6.45, 7) is 2.84. The molecule has 2 N–H and O–H groups in total. The molecule has 1 aliphatic rings. The summed E-state index contributed by atoms with van der Waals surface area (Å²) < 4.78 is 2.20. The first-order valence-corrected chi connectivity index (χ1v) is 7.56. The lowest BCUT2D eigenvalue weighted by Crippen LogP contribution is -2.31. The van der Waals surface area contributed by atoms with Crippen LogP contribution in [0.25, 0.3) is 10.9 Å². The molecule has 1 aliphatic heterocycles. The molecule has 3 aromatic rings. The smallest absolute Gasteiger partial charge is 0.220 e. The first-order valence-electron chi connectivity index (χ1n) is 7.56. The van der Waals surface area contributed by atoms with Gasteiger partial charge in [0, 0.05) is 62.0 Å². The van der Waals surface area contributed by atoms with Crippen LogP contribution >= 0.6 is 0 Å². The van der Waals surface area contributed by atoms with Gasteiger partial charge >= 0.3 is 0 Å². The summed E-state index contributed by atoms with van der Waals surface area (Å²) in [5.41, 5.74) is 10.6. The molecule has 3 heterocycles. The average Bonchev–Trinajstić information content (AvgIpc) is 2.84. The topological polar surface area (TPSA) is 60.0 Å². The molecule has 0 bridgehead atoms. The van der Waals surface area contributed by atoms with Crippen molar-refractivity contribution in [3.8, 4) is 0 Å². The van der Waals surface area contributed by atoms with Crippen molar-refractivity contribution < 1.29 is 0 Å². The summed E-state index contributed by atoms with van der Waals surface area (Å²) in [6.07, 6.45) is 5.04. The number of nitrogens with two attached hydrogens (primary N) is 1. The summed E-state index contributed by atoms with van der Waals surface area (Å²) in [5, 5.41) is 1.34. The minimum Gasteiger partial charge on any atom is -0.368 e. The number of rotatable bonds is 2. The molecule has 0 atom stereocenters. The van der Waals surface area contributed by atoms with E-state index in [-0.39, 0.29) is 0 Å². The van der Waals surface area contributed by atoms with Gasteiger partial charge in [0.05, 0.1) is 5.69 Å². The minimum absolute atomic E-state index is 0.376. The molecule has 1 aromatic carbocycles. The Bertz CT molecular complexity index is 836. The van der Waals surface area contributed by atoms with Gasteiger partial charge in [0.25, 0.3) is 0 Å². The highest BCUT2D eigenvalue weighted by Crippen LogP contribution is 2.24.